The fourth-order valence-electron chi connectivity index (χ4n) is 2.04. The Morgan fingerprint density at radius 2 is 2.11 bits per heavy atom. The number of nitrogens with one attached hydrogen (secondary N) is 1. The van der Waals surface area contributed by atoms with Crippen molar-refractivity contribution in [2.45, 2.75) is 0 Å². The van der Waals surface area contributed by atoms with Crippen LogP contribution < -0.4 is 0 Å². The summed E-state index contributed by atoms with van der Waals surface area (Å²) in [5.74, 6) is -0.331. The summed E-state index contributed by atoms with van der Waals surface area (Å²) in [6, 6.07) is 13.1. The Hall–Kier alpha value is -2.62. The number of carbonyl (C=O) groups excluding carboxylic acids is 1. The number of aromatic amines is 1. The fraction of sp³-hybridized carbons (Fsp3) is 0.0667. The molecule has 2 aromatic heterocycles. The Kier molecular flexibility index (Phi) is 2.76. The van der Waals surface area contributed by atoms with E-state index in [0.717, 1.165) is 22.3 Å². The van der Waals surface area contributed by atoms with Crippen LogP contribution in [0.5, 0.6) is 0 Å². The van der Waals surface area contributed by atoms with Crippen LogP contribution in [0.25, 0.3) is 22.3 Å². The first-order chi connectivity index (χ1) is 9.28. The Balaban J connectivity index is 2.09. The number of methoxy groups -OCH3 is 1. The van der Waals surface area contributed by atoms with E-state index in [9.17, 15) is 4.79 Å². The van der Waals surface area contributed by atoms with Gasteiger partial charge < -0.3 is 9.72 Å². The summed E-state index contributed by atoms with van der Waals surface area (Å²) in [6.45, 7) is 0. The van der Waals surface area contributed by atoms with Crippen LogP contribution in [0.4, 0.5) is 0 Å². The van der Waals surface area contributed by atoms with Crippen LogP contribution in [0, 0.1) is 0 Å². The number of H-pyrrole nitrogens is 1. The van der Waals surface area contributed by atoms with Crippen LogP contribution in [-0.4, -0.2) is 23.0 Å². The van der Waals surface area contributed by atoms with E-state index < -0.39 is 0 Å². The highest BCUT2D eigenvalue weighted by molar-refractivity contribution is 5.95. The first-order valence-electron chi connectivity index (χ1n) is 5.90. The van der Waals surface area contributed by atoms with Crippen molar-refractivity contribution in [1.29, 1.82) is 0 Å². The van der Waals surface area contributed by atoms with Crippen LogP contribution in [0.1, 0.15) is 10.4 Å². The molecule has 0 aliphatic heterocycles. The number of benzene rings is 1. The molecule has 0 spiro atoms. The Morgan fingerprint density at radius 3 is 2.84 bits per heavy atom. The van der Waals surface area contributed by atoms with Crippen LogP contribution in [-0.2, 0) is 4.74 Å². The topological polar surface area (TPSA) is 55.0 Å². The molecule has 4 heteroatoms. The average Bonchev–Trinajstić information content (AvgIpc) is 2.90. The van der Waals surface area contributed by atoms with Crippen LogP contribution in [0.2, 0.25) is 0 Å². The maximum atomic E-state index is 11.5. The third kappa shape index (κ3) is 2.08. The van der Waals surface area contributed by atoms with Crippen LogP contribution in [0.3, 0.4) is 0 Å². The van der Waals surface area contributed by atoms with E-state index in [1.54, 1.807) is 12.3 Å². The van der Waals surface area contributed by atoms with Crippen LogP contribution in [0.15, 0.2) is 48.7 Å². The molecule has 0 fully saturated rings. The zero-order valence-corrected chi connectivity index (χ0v) is 10.4. The van der Waals surface area contributed by atoms with Gasteiger partial charge in [-0.1, -0.05) is 6.07 Å². The summed E-state index contributed by atoms with van der Waals surface area (Å²) < 4.78 is 4.72. The molecule has 2 heterocycles. The Morgan fingerprint density at radius 1 is 1.21 bits per heavy atom. The molecule has 0 amide bonds. The van der Waals surface area contributed by atoms with Crippen molar-refractivity contribution in [3.05, 3.63) is 54.2 Å². The quantitative estimate of drug-likeness (QED) is 0.713. The van der Waals surface area contributed by atoms with Gasteiger partial charge in [-0.3, -0.25) is 4.98 Å². The number of pyridine rings is 1. The summed E-state index contributed by atoms with van der Waals surface area (Å²) in [5, 5.41) is 0.962. The minimum atomic E-state index is -0.331. The lowest BCUT2D eigenvalue weighted by Crippen LogP contribution is -2.00. The number of aromatic nitrogens is 2. The van der Waals surface area contributed by atoms with Crippen molar-refractivity contribution >= 4 is 16.9 Å². The number of rotatable bonds is 2. The third-order valence-corrected chi connectivity index (χ3v) is 2.98. The van der Waals surface area contributed by atoms with Gasteiger partial charge in [-0.2, -0.15) is 0 Å². The van der Waals surface area contributed by atoms with Gasteiger partial charge in [-0.25, -0.2) is 4.79 Å². The monoisotopic (exact) mass is 252 g/mol. The predicted octanol–water partition coefficient (Wildman–Crippen LogP) is 3.02. The van der Waals surface area contributed by atoms with Gasteiger partial charge in [0.2, 0.25) is 0 Å². The standard InChI is InChI=1S/C15H12N2O2/c1-19-15(18)10-5-6-12-11(8-10)9-14(17-12)13-4-2-3-7-16-13/h2-9,17H,1H3. The second-order valence-electron chi connectivity index (χ2n) is 4.19. The molecule has 0 aliphatic rings. The number of ether oxygens (including phenoxy) is 1. The van der Waals surface area contributed by atoms with Gasteiger partial charge in [-0.15, -0.1) is 0 Å². The minimum absolute atomic E-state index is 0.331. The van der Waals surface area contributed by atoms with Gasteiger partial charge in [0.05, 0.1) is 24.1 Å². The number of fused-ring (bicyclic) bond motifs is 1. The maximum absolute atomic E-state index is 11.5. The van der Waals surface area contributed by atoms with Gasteiger partial charge in [0.25, 0.3) is 0 Å². The molecule has 0 saturated carbocycles. The van der Waals surface area contributed by atoms with Gasteiger partial charge in [0.15, 0.2) is 0 Å². The Bertz CT molecular complexity index is 732. The largest absolute Gasteiger partial charge is 0.465 e. The molecule has 0 bridgehead atoms. The maximum Gasteiger partial charge on any atom is 0.337 e. The normalized spacial score (nSPS) is 10.6. The average molecular weight is 252 g/mol. The van der Waals surface area contributed by atoms with E-state index in [0.29, 0.717) is 5.56 Å². The van der Waals surface area contributed by atoms with Gasteiger partial charge >= 0.3 is 5.97 Å². The SMILES string of the molecule is COC(=O)c1ccc2[nH]c(-c3ccccn3)cc2c1. The van der Waals surface area contributed by atoms with Gasteiger partial charge in [-0.05, 0) is 36.4 Å². The molecule has 3 rings (SSSR count). The molecule has 0 atom stereocenters. The molecule has 94 valence electrons. The van der Waals surface area contributed by atoms with Gasteiger partial charge in [0.1, 0.15) is 0 Å². The molecule has 0 unspecified atom stereocenters. The molecule has 4 nitrogen and oxygen atoms in total. The predicted molar refractivity (Wildman–Crippen MR) is 72.9 cm³/mol. The van der Waals surface area contributed by atoms with E-state index in [2.05, 4.69) is 9.97 Å². The molecule has 19 heavy (non-hydrogen) atoms. The molecular formula is C15H12N2O2. The first-order valence-corrected chi connectivity index (χ1v) is 5.90. The van der Waals surface area contributed by atoms with Crippen molar-refractivity contribution in [1.82, 2.24) is 9.97 Å². The Labute approximate surface area is 110 Å². The summed E-state index contributed by atoms with van der Waals surface area (Å²) >= 11 is 0. The summed E-state index contributed by atoms with van der Waals surface area (Å²) in [5.41, 5.74) is 3.31. The zero-order valence-electron chi connectivity index (χ0n) is 10.4. The highest BCUT2D eigenvalue weighted by Crippen LogP contribution is 2.23. The lowest BCUT2D eigenvalue weighted by atomic mass is 10.1. The highest BCUT2D eigenvalue weighted by Gasteiger charge is 2.08. The molecule has 1 N–H and O–H groups in total. The van der Waals surface area contributed by atoms with E-state index in [4.69, 9.17) is 4.74 Å². The molecular weight excluding hydrogens is 240 g/mol. The summed E-state index contributed by atoms with van der Waals surface area (Å²) in [4.78, 5) is 19.1. The van der Waals surface area contributed by atoms with Crippen molar-refractivity contribution in [3.8, 4) is 11.4 Å². The molecule has 0 radical (unpaired) electrons. The van der Waals surface area contributed by atoms with Crippen molar-refractivity contribution in [2.24, 2.45) is 0 Å². The van der Waals surface area contributed by atoms with E-state index in [1.165, 1.54) is 7.11 Å². The van der Waals surface area contributed by atoms with E-state index in [-0.39, 0.29) is 5.97 Å². The third-order valence-electron chi connectivity index (χ3n) is 2.98. The zero-order chi connectivity index (χ0) is 13.2. The minimum Gasteiger partial charge on any atom is -0.465 e. The van der Waals surface area contributed by atoms with Gasteiger partial charge in [0, 0.05) is 17.1 Å². The lowest BCUT2D eigenvalue weighted by Gasteiger charge is -1.98. The highest BCUT2D eigenvalue weighted by atomic mass is 16.5. The molecule has 0 saturated heterocycles. The number of hydrogen-bond donors (Lipinski definition) is 1. The van der Waals surface area contributed by atoms with Crippen molar-refractivity contribution in [3.63, 3.8) is 0 Å². The van der Waals surface area contributed by atoms with E-state index in [1.807, 2.05) is 36.4 Å². The number of esters is 1. The summed E-state index contributed by atoms with van der Waals surface area (Å²) in [6.07, 6.45) is 1.75. The summed E-state index contributed by atoms with van der Waals surface area (Å²) in [7, 11) is 1.38. The van der Waals surface area contributed by atoms with Crippen molar-refractivity contribution < 1.29 is 9.53 Å². The van der Waals surface area contributed by atoms with Crippen molar-refractivity contribution in [2.75, 3.05) is 7.11 Å². The molecule has 3 aromatic rings. The van der Waals surface area contributed by atoms with E-state index >= 15 is 0 Å². The number of nitrogens with zero attached hydrogens (tertiary/aromatic N) is 1. The second kappa shape index (κ2) is 4.57. The molecule has 0 aliphatic carbocycles. The smallest absolute Gasteiger partial charge is 0.337 e. The molecule has 1 aromatic carbocycles. The fourth-order valence-corrected chi connectivity index (χ4v) is 2.04. The van der Waals surface area contributed by atoms with Crippen LogP contribution >= 0.6 is 0 Å². The second-order valence-corrected chi connectivity index (χ2v) is 4.19. The lowest BCUT2D eigenvalue weighted by molar-refractivity contribution is 0.0601. The first kappa shape index (κ1) is 11.5. The number of carbonyl (C=O) groups is 1. The number of hydrogen-bond acceptors (Lipinski definition) is 3.